The van der Waals surface area contributed by atoms with Gasteiger partial charge in [0, 0.05) is 6.08 Å². The molecule has 0 aromatic heterocycles. The Morgan fingerprint density at radius 3 is 2.72 bits per heavy atom. The van der Waals surface area contributed by atoms with Crippen molar-refractivity contribution >= 4 is 5.97 Å². The smallest absolute Gasteiger partial charge is 0.330 e. The van der Waals surface area contributed by atoms with Crippen molar-refractivity contribution in [3.05, 3.63) is 66.7 Å². The number of benzene rings is 2. The van der Waals surface area contributed by atoms with Crippen molar-refractivity contribution in [3.8, 4) is 22.9 Å². The van der Waals surface area contributed by atoms with Crippen molar-refractivity contribution in [1.82, 2.24) is 0 Å². The number of rotatable bonds is 13. The molecule has 2 aromatic rings. The summed E-state index contributed by atoms with van der Waals surface area (Å²) in [6, 6.07) is 19.9. The highest BCUT2D eigenvalue weighted by molar-refractivity contribution is 5.81. The van der Waals surface area contributed by atoms with Crippen LogP contribution in [-0.2, 0) is 9.53 Å². The van der Waals surface area contributed by atoms with Crippen LogP contribution >= 0.6 is 0 Å². The molecule has 3 atom stereocenters. The van der Waals surface area contributed by atoms with E-state index in [4.69, 9.17) is 9.47 Å². The highest BCUT2D eigenvalue weighted by atomic mass is 16.5. The predicted molar refractivity (Wildman–Crippen MR) is 146 cm³/mol. The summed E-state index contributed by atoms with van der Waals surface area (Å²) in [5, 5.41) is 10.1. The Morgan fingerprint density at radius 1 is 1.19 bits per heavy atom. The van der Waals surface area contributed by atoms with Gasteiger partial charge in [-0.3, -0.25) is 0 Å². The monoisotopic (exact) mass is 487 g/mol. The van der Waals surface area contributed by atoms with Crippen molar-refractivity contribution in [2.45, 2.75) is 90.1 Å². The molecule has 4 heteroatoms. The minimum absolute atomic E-state index is 0.227. The van der Waals surface area contributed by atoms with Crippen molar-refractivity contribution in [3.63, 3.8) is 0 Å². The van der Waals surface area contributed by atoms with Crippen LogP contribution in [0.1, 0.15) is 89.5 Å². The Labute approximate surface area is 217 Å². The number of carbonyl (C=O) groups excluding carboxylic acids is 1. The maximum atomic E-state index is 11.2. The zero-order valence-corrected chi connectivity index (χ0v) is 22.0. The second kappa shape index (κ2) is 13.9. The maximum absolute atomic E-state index is 11.2. The fraction of sp³-hybridized carbons (Fsp3) is 0.500. The van der Waals surface area contributed by atoms with Gasteiger partial charge in [-0.1, -0.05) is 75.6 Å². The van der Waals surface area contributed by atoms with Crippen molar-refractivity contribution in [2.24, 2.45) is 5.41 Å². The molecule has 1 saturated carbocycles. The van der Waals surface area contributed by atoms with Crippen LogP contribution in [0.15, 0.2) is 61.2 Å². The van der Waals surface area contributed by atoms with Crippen LogP contribution in [-0.4, -0.2) is 18.7 Å². The van der Waals surface area contributed by atoms with E-state index in [0.29, 0.717) is 12.5 Å². The number of ether oxygens (including phenoxy) is 2. The number of esters is 1. The molecule has 36 heavy (non-hydrogen) atoms. The van der Waals surface area contributed by atoms with E-state index in [1.165, 1.54) is 22.8 Å². The van der Waals surface area contributed by atoms with E-state index in [1.807, 2.05) is 0 Å². The van der Waals surface area contributed by atoms with E-state index in [-0.39, 0.29) is 17.5 Å². The standard InChI is InChI=1S/C32H41NO3/c1-4-11-25(3)36-30-17-15-26(16-18-30)27-12-9-13-28(22-27)29-14-10-20-32(23-29,24-33)19-7-6-8-21-35-31(34)5-2/h5,9,12-13,15-18,22,25,29H,2,4,6-8,10-11,14,19-21,23H2,1,3H3. The number of hydrogen-bond acceptors (Lipinski definition) is 4. The topological polar surface area (TPSA) is 59.3 Å². The second-order valence-corrected chi connectivity index (χ2v) is 10.2. The van der Waals surface area contributed by atoms with Gasteiger partial charge in [0.15, 0.2) is 0 Å². The largest absolute Gasteiger partial charge is 0.491 e. The fourth-order valence-electron chi connectivity index (χ4n) is 5.40. The third-order valence-corrected chi connectivity index (χ3v) is 7.37. The summed E-state index contributed by atoms with van der Waals surface area (Å²) in [7, 11) is 0. The zero-order valence-electron chi connectivity index (χ0n) is 22.0. The van der Waals surface area contributed by atoms with Crippen LogP contribution in [0.3, 0.4) is 0 Å². The lowest BCUT2D eigenvalue weighted by Crippen LogP contribution is -2.26. The van der Waals surface area contributed by atoms with Crippen LogP contribution in [0.25, 0.3) is 11.1 Å². The van der Waals surface area contributed by atoms with E-state index in [0.717, 1.165) is 70.0 Å². The van der Waals surface area contributed by atoms with Crippen LogP contribution in [0.4, 0.5) is 0 Å². The minimum Gasteiger partial charge on any atom is -0.491 e. The normalized spacial score (nSPS) is 20.2. The van der Waals surface area contributed by atoms with E-state index in [2.05, 4.69) is 75.0 Å². The molecule has 0 spiro atoms. The second-order valence-electron chi connectivity index (χ2n) is 10.2. The van der Waals surface area contributed by atoms with Gasteiger partial charge in [-0.05, 0) is 80.2 Å². The summed E-state index contributed by atoms with van der Waals surface area (Å²) in [5.74, 6) is 0.955. The molecule has 0 N–H and O–H groups in total. The predicted octanol–water partition coefficient (Wildman–Crippen LogP) is 8.38. The van der Waals surface area contributed by atoms with Crippen molar-refractivity contribution in [2.75, 3.05) is 6.61 Å². The van der Waals surface area contributed by atoms with E-state index >= 15 is 0 Å². The number of unbranched alkanes of at least 4 members (excludes halogenated alkanes) is 2. The molecule has 192 valence electrons. The molecule has 3 unspecified atom stereocenters. The molecule has 1 fully saturated rings. The SMILES string of the molecule is C=CC(=O)OCCCCCC1(C#N)CCCC(c2cccc(-c3ccc(OC(C)CCC)cc3)c2)C1. The summed E-state index contributed by atoms with van der Waals surface area (Å²) in [6.45, 7) is 8.13. The molecule has 0 bridgehead atoms. The lowest BCUT2D eigenvalue weighted by molar-refractivity contribution is -0.137. The first-order chi connectivity index (χ1) is 17.5. The third-order valence-electron chi connectivity index (χ3n) is 7.37. The molecule has 4 nitrogen and oxygen atoms in total. The molecule has 1 aliphatic rings. The Balaban J connectivity index is 1.60. The molecule has 3 rings (SSSR count). The van der Waals surface area contributed by atoms with Gasteiger partial charge in [0.2, 0.25) is 0 Å². The van der Waals surface area contributed by atoms with Gasteiger partial charge in [-0.25, -0.2) is 4.79 Å². The van der Waals surface area contributed by atoms with Gasteiger partial charge in [0.05, 0.1) is 24.2 Å². The lowest BCUT2D eigenvalue weighted by Gasteiger charge is -2.36. The highest BCUT2D eigenvalue weighted by Crippen LogP contribution is 2.47. The van der Waals surface area contributed by atoms with Gasteiger partial charge in [-0.15, -0.1) is 0 Å². The van der Waals surface area contributed by atoms with Crippen molar-refractivity contribution < 1.29 is 14.3 Å². The average Bonchev–Trinajstić information content (AvgIpc) is 2.91. The van der Waals surface area contributed by atoms with E-state index in [1.54, 1.807) is 0 Å². The number of carbonyl (C=O) groups is 1. The Morgan fingerprint density at radius 2 is 2.00 bits per heavy atom. The Bertz CT molecular complexity index is 1020. The Hall–Kier alpha value is -3.06. The average molecular weight is 488 g/mol. The van der Waals surface area contributed by atoms with Crippen LogP contribution in [0.5, 0.6) is 5.75 Å². The summed E-state index contributed by atoms with van der Waals surface area (Å²) in [5.41, 5.74) is 3.47. The fourth-order valence-corrected chi connectivity index (χ4v) is 5.40. The van der Waals surface area contributed by atoms with Gasteiger partial charge < -0.3 is 9.47 Å². The van der Waals surface area contributed by atoms with E-state index < -0.39 is 0 Å². The van der Waals surface area contributed by atoms with Gasteiger partial charge in [0.1, 0.15) is 5.75 Å². The molecule has 0 saturated heterocycles. The summed E-state index contributed by atoms with van der Waals surface area (Å²) < 4.78 is 11.1. The maximum Gasteiger partial charge on any atom is 0.330 e. The summed E-state index contributed by atoms with van der Waals surface area (Å²) in [6.07, 6.45) is 11.4. The highest BCUT2D eigenvalue weighted by Gasteiger charge is 2.36. The van der Waals surface area contributed by atoms with Crippen LogP contribution in [0, 0.1) is 16.7 Å². The molecule has 0 radical (unpaired) electrons. The quantitative estimate of drug-likeness (QED) is 0.162. The molecule has 0 aliphatic heterocycles. The van der Waals surface area contributed by atoms with E-state index in [9.17, 15) is 10.1 Å². The summed E-state index contributed by atoms with van der Waals surface area (Å²) in [4.78, 5) is 11.2. The number of nitriles is 1. The first-order valence-corrected chi connectivity index (χ1v) is 13.6. The molecular formula is C32H41NO3. The third kappa shape index (κ3) is 7.98. The molecule has 1 aliphatic carbocycles. The Kier molecular flexibility index (Phi) is 10.6. The molecule has 0 amide bonds. The van der Waals surface area contributed by atoms with Crippen LogP contribution < -0.4 is 4.74 Å². The molecular weight excluding hydrogens is 446 g/mol. The zero-order chi connectivity index (χ0) is 25.8. The number of hydrogen-bond donors (Lipinski definition) is 0. The lowest BCUT2D eigenvalue weighted by atomic mass is 9.66. The molecule has 2 aromatic carbocycles. The van der Waals surface area contributed by atoms with Gasteiger partial charge in [0.25, 0.3) is 0 Å². The molecule has 0 heterocycles. The van der Waals surface area contributed by atoms with Crippen LogP contribution in [0.2, 0.25) is 0 Å². The first-order valence-electron chi connectivity index (χ1n) is 13.6. The first kappa shape index (κ1) is 27.5. The van der Waals surface area contributed by atoms with Crippen molar-refractivity contribution in [1.29, 1.82) is 5.26 Å². The summed E-state index contributed by atoms with van der Waals surface area (Å²) >= 11 is 0. The van der Waals surface area contributed by atoms with Gasteiger partial charge >= 0.3 is 5.97 Å². The minimum atomic E-state index is -0.369. The number of nitrogens with zero attached hydrogens (tertiary/aromatic N) is 1. The van der Waals surface area contributed by atoms with Gasteiger partial charge in [-0.2, -0.15) is 5.26 Å².